The van der Waals surface area contributed by atoms with Gasteiger partial charge in [0.25, 0.3) is 5.91 Å². The second-order valence-corrected chi connectivity index (χ2v) is 7.94. The Labute approximate surface area is 166 Å². The summed E-state index contributed by atoms with van der Waals surface area (Å²) in [7, 11) is 3.31. The number of methoxy groups -OCH3 is 2. The molecule has 2 saturated carbocycles. The molecule has 0 unspecified atom stereocenters. The molecule has 0 spiro atoms. The number of aryl methyl sites for hydroxylation is 1. The number of aromatic nitrogens is 1. The quantitative estimate of drug-likeness (QED) is 0.848. The first-order chi connectivity index (χ1) is 13.6. The normalized spacial score (nSPS) is 26.0. The molecule has 2 fully saturated rings. The summed E-state index contributed by atoms with van der Waals surface area (Å²) in [5.41, 5.74) is 2.75. The summed E-state index contributed by atoms with van der Waals surface area (Å²) in [4.78, 5) is 17.1. The van der Waals surface area contributed by atoms with Crippen LogP contribution < -0.4 is 14.8 Å². The number of nitrogens with zero attached hydrogens (tertiary/aromatic N) is 1. The Hall–Kier alpha value is -2.56. The summed E-state index contributed by atoms with van der Waals surface area (Å²) in [6.07, 6.45) is 6.59. The average Bonchev–Trinajstić information content (AvgIpc) is 2.72. The maximum absolute atomic E-state index is 12.8. The van der Waals surface area contributed by atoms with E-state index < -0.39 is 0 Å². The summed E-state index contributed by atoms with van der Waals surface area (Å²) in [5, 5.41) is 3.31. The number of hydrogen-bond donors (Lipinski definition) is 1. The number of carbonyl (C=O) groups excluding carboxylic acids is 1. The predicted octanol–water partition coefficient (Wildman–Crippen LogP) is 4.11. The van der Waals surface area contributed by atoms with Crippen LogP contribution in [0, 0.1) is 18.8 Å². The largest absolute Gasteiger partial charge is 0.493 e. The number of hydrogen-bond acceptors (Lipinski definition) is 4. The van der Waals surface area contributed by atoms with E-state index in [1.165, 1.54) is 31.2 Å². The van der Waals surface area contributed by atoms with Crippen LogP contribution in [0.15, 0.2) is 36.5 Å². The Balaban J connectivity index is 1.59. The molecular formula is C23H28N2O3. The predicted molar refractivity (Wildman–Crippen MR) is 108 cm³/mol. The molecule has 4 atom stereocenters. The molecule has 1 aromatic heterocycles. The van der Waals surface area contributed by atoms with E-state index in [2.05, 4.69) is 22.4 Å². The second-order valence-electron chi connectivity index (χ2n) is 7.94. The zero-order chi connectivity index (χ0) is 19.7. The van der Waals surface area contributed by atoms with E-state index >= 15 is 0 Å². The van der Waals surface area contributed by atoms with Crippen molar-refractivity contribution < 1.29 is 14.3 Å². The fraction of sp³-hybridized carbons (Fsp3) is 0.478. The van der Waals surface area contributed by atoms with Crippen molar-refractivity contribution in [3.05, 3.63) is 53.3 Å². The first-order valence-electron chi connectivity index (χ1n) is 10.1. The van der Waals surface area contributed by atoms with Crippen LogP contribution in [0.2, 0.25) is 0 Å². The zero-order valence-electron chi connectivity index (χ0n) is 16.8. The minimum Gasteiger partial charge on any atom is -0.493 e. The summed E-state index contributed by atoms with van der Waals surface area (Å²) in [5.74, 6) is 2.92. The number of pyridine rings is 1. The van der Waals surface area contributed by atoms with Crippen molar-refractivity contribution in [1.82, 2.24) is 10.3 Å². The third-order valence-electron chi connectivity index (χ3n) is 6.45. The minimum atomic E-state index is -0.0352. The smallest absolute Gasteiger partial charge is 0.253 e. The summed E-state index contributed by atoms with van der Waals surface area (Å²) >= 11 is 0. The Morgan fingerprint density at radius 2 is 1.79 bits per heavy atom. The van der Waals surface area contributed by atoms with E-state index in [9.17, 15) is 4.79 Å². The maximum atomic E-state index is 12.8. The van der Waals surface area contributed by atoms with Gasteiger partial charge in [-0.25, -0.2) is 0 Å². The van der Waals surface area contributed by atoms with Gasteiger partial charge in [-0.2, -0.15) is 0 Å². The topological polar surface area (TPSA) is 60.5 Å². The molecule has 5 nitrogen and oxygen atoms in total. The molecule has 148 valence electrons. The van der Waals surface area contributed by atoms with Crippen LogP contribution >= 0.6 is 0 Å². The average molecular weight is 380 g/mol. The molecule has 1 aromatic carbocycles. The lowest BCUT2D eigenvalue weighted by molar-refractivity contribution is 0.0251. The highest BCUT2D eigenvalue weighted by Gasteiger charge is 2.52. The number of benzene rings is 1. The highest BCUT2D eigenvalue weighted by Crippen LogP contribution is 2.55. The van der Waals surface area contributed by atoms with Crippen molar-refractivity contribution in [1.29, 1.82) is 0 Å². The lowest BCUT2D eigenvalue weighted by Crippen LogP contribution is -2.59. The third kappa shape index (κ3) is 3.34. The van der Waals surface area contributed by atoms with Gasteiger partial charge >= 0.3 is 0 Å². The van der Waals surface area contributed by atoms with Crippen molar-refractivity contribution >= 4 is 5.91 Å². The highest BCUT2D eigenvalue weighted by atomic mass is 16.5. The van der Waals surface area contributed by atoms with E-state index in [0.29, 0.717) is 23.3 Å². The maximum Gasteiger partial charge on any atom is 0.253 e. The zero-order valence-corrected chi connectivity index (χ0v) is 16.8. The third-order valence-corrected chi connectivity index (χ3v) is 6.45. The molecule has 1 heterocycles. The first kappa shape index (κ1) is 18.8. The molecular weight excluding hydrogens is 352 g/mol. The Morgan fingerprint density at radius 3 is 2.46 bits per heavy atom. The number of rotatable bonds is 5. The molecule has 0 bridgehead atoms. The van der Waals surface area contributed by atoms with Gasteiger partial charge in [0.05, 0.1) is 19.8 Å². The number of nitrogens with one attached hydrogen (secondary N) is 1. The molecule has 28 heavy (non-hydrogen) atoms. The highest BCUT2D eigenvalue weighted by molar-refractivity contribution is 5.94. The lowest BCUT2D eigenvalue weighted by atomic mass is 9.53. The standard InChI is InChI=1S/C23H28N2O3/c1-14-8-9-16(13-24-14)23(26)25-22-18-7-5-4-6-17(18)21(22)15-10-11-19(27-2)20(12-15)28-3/h8-13,17-18,21-22H,4-7H2,1-3H3,(H,25,26)/t17-,18-,21-,22-/m0/s1. The van der Waals surface area contributed by atoms with Crippen molar-refractivity contribution in [3.63, 3.8) is 0 Å². The molecule has 0 aliphatic heterocycles. The number of amides is 1. The molecule has 0 radical (unpaired) electrons. The molecule has 2 aliphatic carbocycles. The van der Waals surface area contributed by atoms with Crippen LogP contribution in [0.25, 0.3) is 0 Å². The van der Waals surface area contributed by atoms with Crippen molar-refractivity contribution in [2.24, 2.45) is 11.8 Å². The van der Waals surface area contributed by atoms with Crippen molar-refractivity contribution in [2.75, 3.05) is 14.2 Å². The monoisotopic (exact) mass is 380 g/mol. The lowest BCUT2D eigenvalue weighted by Gasteiger charge is -2.55. The van der Waals surface area contributed by atoms with Gasteiger partial charge in [-0.1, -0.05) is 18.9 Å². The molecule has 1 N–H and O–H groups in total. The van der Waals surface area contributed by atoms with E-state index in [4.69, 9.17) is 9.47 Å². The van der Waals surface area contributed by atoms with Gasteiger partial charge in [0.1, 0.15) is 0 Å². The SMILES string of the molecule is COc1ccc([C@H]2[C@H]3CCCC[C@@H]3[C@@H]2NC(=O)c2ccc(C)nc2)cc1OC. The van der Waals surface area contributed by atoms with E-state index in [0.717, 1.165) is 17.2 Å². The fourth-order valence-electron chi connectivity index (χ4n) is 5.02. The Morgan fingerprint density at radius 1 is 1.04 bits per heavy atom. The van der Waals surface area contributed by atoms with E-state index in [1.807, 2.05) is 25.1 Å². The van der Waals surface area contributed by atoms with Crippen molar-refractivity contribution in [2.45, 2.75) is 44.6 Å². The van der Waals surface area contributed by atoms with Crippen LogP contribution in [-0.4, -0.2) is 31.2 Å². The van der Waals surface area contributed by atoms with Gasteiger partial charge in [0, 0.05) is 23.9 Å². The van der Waals surface area contributed by atoms with Gasteiger partial charge in [-0.3, -0.25) is 9.78 Å². The molecule has 2 aromatic rings. The van der Waals surface area contributed by atoms with Crippen LogP contribution in [-0.2, 0) is 0 Å². The van der Waals surface area contributed by atoms with E-state index in [-0.39, 0.29) is 11.9 Å². The Kier molecular flexibility index (Phi) is 5.25. The van der Waals surface area contributed by atoms with Crippen molar-refractivity contribution in [3.8, 4) is 11.5 Å². The van der Waals surface area contributed by atoms with Crippen LogP contribution in [0.3, 0.4) is 0 Å². The molecule has 0 saturated heterocycles. The molecule has 4 rings (SSSR count). The van der Waals surface area contributed by atoms with Crippen LogP contribution in [0.5, 0.6) is 11.5 Å². The number of ether oxygens (including phenoxy) is 2. The van der Waals surface area contributed by atoms with Gasteiger partial charge in [0.15, 0.2) is 11.5 Å². The first-order valence-corrected chi connectivity index (χ1v) is 10.1. The van der Waals surface area contributed by atoms with Crippen LogP contribution in [0.1, 0.15) is 53.2 Å². The van der Waals surface area contributed by atoms with Crippen LogP contribution in [0.4, 0.5) is 0 Å². The second kappa shape index (κ2) is 7.82. The molecule has 5 heteroatoms. The molecule has 2 aliphatic rings. The number of carbonyl (C=O) groups is 1. The van der Waals surface area contributed by atoms with E-state index in [1.54, 1.807) is 20.4 Å². The summed E-state index contributed by atoms with van der Waals surface area (Å²) < 4.78 is 10.9. The minimum absolute atomic E-state index is 0.0352. The fourth-order valence-corrected chi connectivity index (χ4v) is 5.02. The van der Waals surface area contributed by atoms with Gasteiger partial charge in [-0.05, 0) is 61.4 Å². The number of fused-ring (bicyclic) bond motifs is 1. The molecule has 1 amide bonds. The summed E-state index contributed by atoms with van der Waals surface area (Å²) in [6.45, 7) is 1.92. The summed E-state index contributed by atoms with van der Waals surface area (Å²) in [6, 6.07) is 10.0. The Bertz CT molecular complexity index is 849. The van der Waals surface area contributed by atoms with Gasteiger partial charge < -0.3 is 14.8 Å². The van der Waals surface area contributed by atoms with Gasteiger partial charge in [0.2, 0.25) is 0 Å². The van der Waals surface area contributed by atoms with Gasteiger partial charge in [-0.15, -0.1) is 0 Å².